The van der Waals surface area contributed by atoms with Gasteiger partial charge in [-0.1, -0.05) is 12.1 Å². The zero-order chi connectivity index (χ0) is 21.0. The number of non-ortho nitro benzene ring substituents is 1. The summed E-state index contributed by atoms with van der Waals surface area (Å²) in [7, 11) is 0. The summed E-state index contributed by atoms with van der Waals surface area (Å²) in [6, 6.07) is 10.1. The van der Waals surface area contributed by atoms with Gasteiger partial charge in [0.15, 0.2) is 0 Å². The van der Waals surface area contributed by atoms with Crippen molar-refractivity contribution in [2.45, 2.75) is 39.0 Å². The molecule has 0 aliphatic carbocycles. The topological polar surface area (TPSA) is 90.7 Å². The molecule has 0 unspecified atom stereocenters. The Kier molecular flexibility index (Phi) is 6.17. The normalized spacial score (nSPS) is 15.6. The number of aryl methyl sites for hydroxylation is 2. The van der Waals surface area contributed by atoms with E-state index < -0.39 is 10.3 Å². The van der Waals surface area contributed by atoms with Crippen LogP contribution < -0.4 is 10.1 Å². The van der Waals surface area contributed by atoms with E-state index in [1.807, 2.05) is 32.9 Å². The number of hydrogen-bond donors (Lipinski definition) is 1. The molecular formula is C22H26N2O5. The van der Waals surface area contributed by atoms with Gasteiger partial charge in [0.25, 0.3) is 5.69 Å². The summed E-state index contributed by atoms with van der Waals surface area (Å²) >= 11 is 0. The third-order valence-corrected chi connectivity index (χ3v) is 5.42. The molecule has 0 radical (unpaired) electrons. The zero-order valence-corrected chi connectivity index (χ0v) is 17.0. The van der Waals surface area contributed by atoms with Crippen molar-refractivity contribution >= 4 is 17.3 Å². The highest BCUT2D eigenvalue weighted by Gasteiger charge is 2.42. The third kappa shape index (κ3) is 4.24. The lowest BCUT2D eigenvalue weighted by Crippen LogP contribution is -2.44. The highest BCUT2D eigenvalue weighted by Crippen LogP contribution is 2.37. The van der Waals surface area contributed by atoms with Crippen molar-refractivity contribution in [3.8, 4) is 5.75 Å². The molecule has 0 saturated carbocycles. The molecule has 1 heterocycles. The molecule has 0 bridgehead atoms. The molecule has 0 atom stereocenters. The minimum Gasteiger partial charge on any atom is -0.493 e. The lowest BCUT2D eigenvalue weighted by Gasteiger charge is -2.36. The minimum absolute atomic E-state index is 0.00845. The highest BCUT2D eigenvalue weighted by molar-refractivity contribution is 5.99. The van der Waals surface area contributed by atoms with Crippen molar-refractivity contribution in [3.05, 3.63) is 63.2 Å². The van der Waals surface area contributed by atoms with E-state index in [2.05, 4.69) is 5.32 Å². The number of nitrogens with one attached hydrogen (secondary N) is 1. The molecule has 2 aromatic carbocycles. The van der Waals surface area contributed by atoms with Crippen molar-refractivity contribution in [1.29, 1.82) is 0 Å². The maximum Gasteiger partial charge on any atom is 0.269 e. The van der Waals surface area contributed by atoms with Crippen LogP contribution in [0.15, 0.2) is 36.4 Å². The van der Waals surface area contributed by atoms with Crippen molar-refractivity contribution < 1.29 is 19.2 Å². The van der Waals surface area contributed by atoms with Crippen LogP contribution in [-0.2, 0) is 14.9 Å². The van der Waals surface area contributed by atoms with E-state index in [1.165, 1.54) is 12.1 Å². The fourth-order valence-electron chi connectivity index (χ4n) is 3.91. The van der Waals surface area contributed by atoms with Gasteiger partial charge in [0.1, 0.15) is 5.75 Å². The molecule has 1 aliphatic heterocycles. The van der Waals surface area contributed by atoms with Crippen LogP contribution in [0.25, 0.3) is 0 Å². The number of nitro groups is 1. The number of rotatable bonds is 6. The second kappa shape index (κ2) is 8.61. The van der Waals surface area contributed by atoms with Gasteiger partial charge in [0, 0.05) is 31.0 Å². The molecule has 7 nitrogen and oxygen atoms in total. The van der Waals surface area contributed by atoms with E-state index in [0.29, 0.717) is 38.3 Å². The molecule has 0 spiro atoms. The lowest BCUT2D eigenvalue weighted by atomic mass is 9.73. The maximum atomic E-state index is 13.4. The Morgan fingerprint density at radius 2 is 1.76 bits per heavy atom. The Hall–Kier alpha value is -2.93. The largest absolute Gasteiger partial charge is 0.493 e. The number of carbonyl (C=O) groups is 1. The summed E-state index contributed by atoms with van der Waals surface area (Å²) in [5, 5.41) is 14.0. The molecular weight excluding hydrogens is 372 g/mol. The number of nitro benzene ring substituents is 1. The molecule has 1 aliphatic rings. The molecule has 1 N–H and O–H groups in total. The Morgan fingerprint density at radius 1 is 1.17 bits per heavy atom. The van der Waals surface area contributed by atoms with Gasteiger partial charge in [-0.15, -0.1) is 0 Å². The van der Waals surface area contributed by atoms with Crippen LogP contribution in [0.4, 0.5) is 11.4 Å². The van der Waals surface area contributed by atoms with E-state index >= 15 is 0 Å². The lowest BCUT2D eigenvalue weighted by molar-refractivity contribution is -0.384. The Balaban J connectivity index is 1.91. The van der Waals surface area contributed by atoms with Crippen molar-refractivity contribution in [3.63, 3.8) is 0 Å². The van der Waals surface area contributed by atoms with Gasteiger partial charge in [-0.05, 0) is 62.4 Å². The van der Waals surface area contributed by atoms with Gasteiger partial charge < -0.3 is 14.8 Å². The monoisotopic (exact) mass is 398 g/mol. The Labute approximate surface area is 170 Å². The molecule has 1 fully saturated rings. The van der Waals surface area contributed by atoms with Gasteiger partial charge in [0.05, 0.1) is 16.9 Å². The standard InChI is InChI=1S/C22H26N2O5/c1-4-29-20-15(2)13-18(14-16(20)3)23-21(25)22(9-11-28-12-10-22)17-5-7-19(8-6-17)24(26)27/h5-8,13-14H,4,9-12H2,1-3H3,(H,23,25). The van der Waals surface area contributed by atoms with Crippen LogP contribution in [0, 0.1) is 24.0 Å². The van der Waals surface area contributed by atoms with Gasteiger partial charge >= 0.3 is 0 Å². The number of ether oxygens (including phenoxy) is 2. The summed E-state index contributed by atoms with van der Waals surface area (Å²) < 4.78 is 11.2. The smallest absolute Gasteiger partial charge is 0.269 e. The van der Waals surface area contributed by atoms with Crippen LogP contribution in [0.1, 0.15) is 36.5 Å². The molecule has 2 aromatic rings. The Morgan fingerprint density at radius 3 is 2.28 bits per heavy atom. The van der Waals surface area contributed by atoms with Crippen molar-refractivity contribution in [1.82, 2.24) is 0 Å². The van der Waals surface area contributed by atoms with Crippen LogP contribution >= 0.6 is 0 Å². The summed E-state index contributed by atoms with van der Waals surface area (Å²) in [5.74, 6) is 0.708. The fourth-order valence-corrected chi connectivity index (χ4v) is 3.91. The number of carbonyl (C=O) groups excluding carboxylic acids is 1. The summed E-state index contributed by atoms with van der Waals surface area (Å²) in [6.45, 7) is 7.35. The molecule has 3 rings (SSSR count). The van der Waals surface area contributed by atoms with E-state index in [4.69, 9.17) is 9.47 Å². The van der Waals surface area contributed by atoms with Crippen LogP contribution in [0.2, 0.25) is 0 Å². The van der Waals surface area contributed by atoms with E-state index in [1.54, 1.807) is 12.1 Å². The Bertz CT molecular complexity index is 879. The SMILES string of the molecule is CCOc1c(C)cc(NC(=O)C2(c3ccc([N+](=O)[O-])cc3)CCOCC2)cc1C. The molecule has 1 saturated heterocycles. The second-order valence-electron chi connectivity index (χ2n) is 7.32. The quantitative estimate of drug-likeness (QED) is 0.579. The van der Waals surface area contributed by atoms with Gasteiger partial charge in [-0.2, -0.15) is 0 Å². The zero-order valence-electron chi connectivity index (χ0n) is 17.0. The second-order valence-corrected chi connectivity index (χ2v) is 7.32. The first-order valence-electron chi connectivity index (χ1n) is 9.75. The van der Waals surface area contributed by atoms with Crippen molar-refractivity contribution in [2.75, 3.05) is 25.1 Å². The van der Waals surface area contributed by atoms with E-state index in [9.17, 15) is 14.9 Å². The minimum atomic E-state index is -0.784. The number of hydrogen-bond acceptors (Lipinski definition) is 5. The first-order valence-corrected chi connectivity index (χ1v) is 9.75. The number of nitrogens with zero attached hydrogens (tertiary/aromatic N) is 1. The first-order chi connectivity index (χ1) is 13.9. The van der Waals surface area contributed by atoms with Gasteiger partial charge in [-0.25, -0.2) is 0 Å². The molecule has 7 heteroatoms. The number of anilines is 1. The summed E-state index contributed by atoms with van der Waals surface area (Å²) in [6.07, 6.45) is 1.04. The van der Waals surface area contributed by atoms with Gasteiger partial charge in [0.2, 0.25) is 5.91 Å². The number of amides is 1. The average molecular weight is 398 g/mol. The predicted molar refractivity (Wildman–Crippen MR) is 111 cm³/mol. The predicted octanol–water partition coefficient (Wildman–Crippen LogP) is 4.30. The van der Waals surface area contributed by atoms with Crippen molar-refractivity contribution in [2.24, 2.45) is 0 Å². The molecule has 0 aromatic heterocycles. The molecule has 29 heavy (non-hydrogen) atoms. The highest BCUT2D eigenvalue weighted by atomic mass is 16.6. The van der Waals surface area contributed by atoms with E-state index in [0.717, 1.165) is 22.4 Å². The van der Waals surface area contributed by atoms with Gasteiger partial charge in [-0.3, -0.25) is 14.9 Å². The van der Waals surface area contributed by atoms with Crippen LogP contribution in [0.5, 0.6) is 5.75 Å². The summed E-state index contributed by atoms with van der Waals surface area (Å²) in [5.41, 5.74) is 2.61. The fraction of sp³-hybridized carbons (Fsp3) is 0.409. The third-order valence-electron chi connectivity index (χ3n) is 5.42. The molecule has 1 amide bonds. The molecule has 154 valence electrons. The maximum absolute atomic E-state index is 13.4. The first kappa shape index (κ1) is 20.8. The average Bonchev–Trinajstić information content (AvgIpc) is 2.71. The summed E-state index contributed by atoms with van der Waals surface area (Å²) in [4.78, 5) is 23.9. The number of benzene rings is 2. The van der Waals surface area contributed by atoms with E-state index in [-0.39, 0.29) is 11.6 Å². The van der Waals surface area contributed by atoms with Crippen LogP contribution in [-0.4, -0.2) is 30.7 Å². The van der Waals surface area contributed by atoms with Crippen LogP contribution in [0.3, 0.4) is 0 Å².